The molecule has 31 heavy (non-hydrogen) atoms. The second kappa shape index (κ2) is 9.36. The van der Waals surface area contributed by atoms with Crippen molar-refractivity contribution in [3.05, 3.63) is 47.5 Å². The molecule has 0 bridgehead atoms. The fraction of sp³-hybridized carbons (Fsp3) is 0.238. The van der Waals surface area contributed by atoms with Gasteiger partial charge in [0.2, 0.25) is 11.7 Å². The third kappa shape index (κ3) is 4.35. The molecule has 3 heterocycles. The van der Waals surface area contributed by atoms with Crippen LogP contribution < -0.4 is 5.32 Å². The van der Waals surface area contributed by atoms with Crippen LogP contribution >= 0.6 is 23.1 Å². The van der Waals surface area contributed by atoms with Crippen molar-refractivity contribution in [1.82, 2.24) is 14.8 Å². The summed E-state index contributed by atoms with van der Waals surface area (Å²) in [6, 6.07) is 11.1. The highest BCUT2D eigenvalue weighted by Crippen LogP contribution is 2.32. The molecular formula is C21H20N4O4S2. The van der Waals surface area contributed by atoms with Gasteiger partial charge in [-0.25, -0.2) is 4.79 Å². The quantitative estimate of drug-likeness (QED) is 0.303. The Balaban J connectivity index is 1.52. The first-order valence-electron chi connectivity index (χ1n) is 9.70. The molecule has 0 fully saturated rings. The largest absolute Gasteiger partial charge is 0.460 e. The van der Waals surface area contributed by atoms with Crippen LogP contribution in [0.3, 0.4) is 0 Å². The van der Waals surface area contributed by atoms with E-state index < -0.39 is 5.97 Å². The zero-order valence-corrected chi connectivity index (χ0v) is 18.6. The fourth-order valence-electron chi connectivity index (χ4n) is 3.08. The molecule has 0 aliphatic carbocycles. The van der Waals surface area contributed by atoms with Crippen LogP contribution in [0, 0.1) is 0 Å². The second-order valence-electron chi connectivity index (χ2n) is 6.39. The SMILES string of the molecule is CCOC(=O)c1oc2ccccc2c1NC(=O)CSc1nnc(-c2cccs2)n1CC. The lowest BCUT2D eigenvalue weighted by atomic mass is 10.2. The van der Waals surface area contributed by atoms with E-state index in [1.165, 1.54) is 11.8 Å². The van der Waals surface area contributed by atoms with Crippen molar-refractivity contribution < 1.29 is 18.7 Å². The normalized spacial score (nSPS) is 11.0. The van der Waals surface area contributed by atoms with Crippen LogP contribution in [0.15, 0.2) is 51.4 Å². The minimum atomic E-state index is -0.618. The number of thioether (sulfide) groups is 1. The summed E-state index contributed by atoms with van der Waals surface area (Å²) in [7, 11) is 0. The van der Waals surface area contributed by atoms with Crippen LogP contribution in [-0.2, 0) is 16.1 Å². The molecule has 0 aliphatic heterocycles. The average Bonchev–Trinajstić information content (AvgIpc) is 3.51. The van der Waals surface area contributed by atoms with Crippen molar-refractivity contribution >= 4 is 51.6 Å². The smallest absolute Gasteiger partial charge is 0.376 e. The van der Waals surface area contributed by atoms with Crippen molar-refractivity contribution in [3.8, 4) is 10.7 Å². The minimum absolute atomic E-state index is 0.0156. The number of amides is 1. The third-order valence-electron chi connectivity index (χ3n) is 4.43. The fourth-order valence-corrected chi connectivity index (χ4v) is 4.60. The molecule has 1 N–H and O–H groups in total. The summed E-state index contributed by atoms with van der Waals surface area (Å²) in [6.45, 7) is 4.61. The molecule has 0 saturated heterocycles. The molecule has 4 aromatic rings. The van der Waals surface area contributed by atoms with Gasteiger partial charge in [0.1, 0.15) is 11.3 Å². The number of nitrogens with zero attached hydrogens (tertiary/aromatic N) is 3. The number of para-hydroxylation sites is 1. The maximum absolute atomic E-state index is 12.7. The first-order valence-corrected chi connectivity index (χ1v) is 11.6. The Morgan fingerprint density at radius 1 is 1.19 bits per heavy atom. The Morgan fingerprint density at radius 3 is 2.77 bits per heavy atom. The van der Waals surface area contributed by atoms with Crippen molar-refractivity contribution in [2.75, 3.05) is 17.7 Å². The Morgan fingerprint density at radius 2 is 2.03 bits per heavy atom. The predicted molar refractivity (Wildman–Crippen MR) is 121 cm³/mol. The minimum Gasteiger partial charge on any atom is -0.460 e. The molecule has 0 radical (unpaired) electrons. The van der Waals surface area contributed by atoms with Crippen LogP contribution in [0.25, 0.3) is 21.7 Å². The molecule has 0 spiro atoms. The van der Waals surface area contributed by atoms with Gasteiger partial charge in [0, 0.05) is 11.9 Å². The van der Waals surface area contributed by atoms with E-state index in [1.54, 1.807) is 36.5 Å². The summed E-state index contributed by atoms with van der Waals surface area (Å²) < 4.78 is 12.7. The lowest BCUT2D eigenvalue weighted by Crippen LogP contribution is -2.17. The number of fused-ring (bicyclic) bond motifs is 1. The molecule has 160 valence electrons. The van der Waals surface area contributed by atoms with Gasteiger partial charge in [-0.2, -0.15) is 0 Å². The number of carbonyl (C=O) groups is 2. The number of aromatic nitrogens is 3. The van der Waals surface area contributed by atoms with Crippen molar-refractivity contribution in [2.45, 2.75) is 25.5 Å². The predicted octanol–water partition coefficient (Wildman–Crippen LogP) is 4.68. The summed E-state index contributed by atoms with van der Waals surface area (Å²) in [5, 5.41) is 14.6. The molecule has 0 aliphatic rings. The highest BCUT2D eigenvalue weighted by molar-refractivity contribution is 7.99. The van der Waals surface area contributed by atoms with Crippen LogP contribution in [0.4, 0.5) is 5.69 Å². The van der Waals surface area contributed by atoms with E-state index in [4.69, 9.17) is 9.15 Å². The van der Waals surface area contributed by atoms with E-state index in [1.807, 2.05) is 35.1 Å². The molecule has 3 aromatic heterocycles. The first-order chi connectivity index (χ1) is 15.1. The van der Waals surface area contributed by atoms with E-state index in [2.05, 4.69) is 15.5 Å². The Hall–Kier alpha value is -3.11. The number of benzene rings is 1. The molecule has 0 saturated carbocycles. The summed E-state index contributed by atoms with van der Waals surface area (Å²) >= 11 is 2.87. The van der Waals surface area contributed by atoms with Gasteiger partial charge < -0.3 is 19.0 Å². The Bertz CT molecular complexity index is 1210. The zero-order valence-electron chi connectivity index (χ0n) is 17.0. The summed E-state index contributed by atoms with van der Waals surface area (Å²) in [5.74, 6) is -0.0352. The highest BCUT2D eigenvalue weighted by atomic mass is 32.2. The number of rotatable bonds is 8. The number of carbonyl (C=O) groups excluding carboxylic acids is 2. The Kier molecular flexibility index (Phi) is 6.38. The van der Waals surface area contributed by atoms with Gasteiger partial charge in [-0.1, -0.05) is 30.0 Å². The molecule has 10 heteroatoms. The third-order valence-corrected chi connectivity index (χ3v) is 6.26. The van der Waals surface area contributed by atoms with Crippen molar-refractivity contribution in [3.63, 3.8) is 0 Å². The van der Waals surface area contributed by atoms with E-state index in [0.29, 0.717) is 28.4 Å². The number of hydrogen-bond donors (Lipinski definition) is 1. The number of nitrogens with one attached hydrogen (secondary N) is 1. The van der Waals surface area contributed by atoms with Gasteiger partial charge in [-0.15, -0.1) is 21.5 Å². The van der Waals surface area contributed by atoms with Crippen LogP contribution in [-0.4, -0.2) is 39.0 Å². The number of anilines is 1. The summed E-state index contributed by atoms with van der Waals surface area (Å²) in [4.78, 5) is 26.0. The van der Waals surface area contributed by atoms with Crippen molar-refractivity contribution in [1.29, 1.82) is 0 Å². The van der Waals surface area contributed by atoms with Gasteiger partial charge >= 0.3 is 5.97 Å². The monoisotopic (exact) mass is 456 g/mol. The lowest BCUT2D eigenvalue weighted by Gasteiger charge is -2.07. The maximum atomic E-state index is 12.7. The van der Waals surface area contributed by atoms with E-state index in [9.17, 15) is 9.59 Å². The van der Waals surface area contributed by atoms with Gasteiger partial charge in [0.25, 0.3) is 0 Å². The van der Waals surface area contributed by atoms with Crippen molar-refractivity contribution in [2.24, 2.45) is 0 Å². The first kappa shape index (κ1) is 21.1. The van der Waals surface area contributed by atoms with Gasteiger partial charge in [-0.05, 0) is 37.4 Å². The summed E-state index contributed by atoms with van der Waals surface area (Å²) in [6.07, 6.45) is 0. The number of esters is 1. The number of ether oxygens (including phenoxy) is 1. The maximum Gasteiger partial charge on any atom is 0.376 e. The average molecular weight is 457 g/mol. The molecular weight excluding hydrogens is 436 g/mol. The highest BCUT2D eigenvalue weighted by Gasteiger charge is 2.23. The standard InChI is InChI=1S/C21H20N4O4S2/c1-3-25-19(15-10-7-11-30-15)23-24-21(25)31-12-16(26)22-17-13-8-5-6-9-14(13)29-18(17)20(27)28-4-2/h5-11H,3-4,12H2,1-2H3,(H,22,26). The van der Waals surface area contributed by atoms with Gasteiger partial charge in [-0.3, -0.25) is 4.79 Å². The van der Waals surface area contributed by atoms with Gasteiger partial charge in [0.15, 0.2) is 11.0 Å². The van der Waals surface area contributed by atoms with E-state index in [0.717, 1.165) is 10.7 Å². The van der Waals surface area contributed by atoms with E-state index >= 15 is 0 Å². The number of furan rings is 1. The second-order valence-corrected chi connectivity index (χ2v) is 8.28. The molecule has 1 aromatic carbocycles. The van der Waals surface area contributed by atoms with Crippen LogP contribution in [0.2, 0.25) is 0 Å². The van der Waals surface area contributed by atoms with E-state index in [-0.39, 0.29) is 24.0 Å². The van der Waals surface area contributed by atoms with Gasteiger partial charge in [0.05, 0.1) is 17.2 Å². The van der Waals surface area contributed by atoms with Crippen LogP contribution in [0.1, 0.15) is 24.4 Å². The Labute approximate surface area is 186 Å². The molecule has 0 atom stereocenters. The lowest BCUT2D eigenvalue weighted by molar-refractivity contribution is -0.113. The number of hydrogen-bond acceptors (Lipinski definition) is 8. The molecule has 1 amide bonds. The van der Waals surface area contributed by atoms with Crippen LogP contribution in [0.5, 0.6) is 0 Å². The topological polar surface area (TPSA) is 99.2 Å². The molecule has 0 unspecified atom stereocenters. The molecule has 8 nitrogen and oxygen atoms in total. The number of thiophene rings is 1. The molecule has 4 rings (SSSR count). The summed E-state index contributed by atoms with van der Waals surface area (Å²) in [5.41, 5.74) is 0.815. The zero-order chi connectivity index (χ0) is 21.8.